The fourth-order valence-corrected chi connectivity index (χ4v) is 3.26. The number of anilines is 1. The fourth-order valence-electron chi connectivity index (χ4n) is 1.79. The van der Waals surface area contributed by atoms with Crippen molar-refractivity contribution in [2.24, 2.45) is 0 Å². The third-order valence-corrected chi connectivity index (χ3v) is 4.84. The molecule has 1 amide bonds. The van der Waals surface area contributed by atoms with Crippen LogP contribution in [0.3, 0.4) is 0 Å². The molecule has 0 aliphatic heterocycles. The number of carbonyl (C=O) groups excluding carboxylic acids is 1. The molecule has 0 radical (unpaired) electrons. The van der Waals surface area contributed by atoms with Crippen LogP contribution in [-0.4, -0.2) is 36.5 Å². The molecule has 0 spiro atoms. The predicted octanol–water partition coefficient (Wildman–Crippen LogP) is 2.20. The van der Waals surface area contributed by atoms with Crippen LogP contribution < -0.4 is 5.32 Å². The predicted molar refractivity (Wildman–Crippen MR) is 86.4 cm³/mol. The van der Waals surface area contributed by atoms with E-state index in [9.17, 15) is 4.79 Å². The third kappa shape index (κ3) is 3.96. The highest BCUT2D eigenvalue weighted by Crippen LogP contribution is 2.23. The van der Waals surface area contributed by atoms with Crippen LogP contribution in [0.1, 0.15) is 17.5 Å². The number of thiophene rings is 1. The molecule has 3 aromatic rings. The number of amides is 1. The van der Waals surface area contributed by atoms with Crippen LogP contribution in [-0.2, 0) is 11.3 Å². The molecule has 0 fully saturated rings. The van der Waals surface area contributed by atoms with Crippen LogP contribution in [0, 0.1) is 6.92 Å². The van der Waals surface area contributed by atoms with Gasteiger partial charge in [0.25, 0.3) is 0 Å². The molecule has 8 nitrogen and oxygen atoms in total. The van der Waals surface area contributed by atoms with Gasteiger partial charge in [-0.3, -0.25) is 10.1 Å². The van der Waals surface area contributed by atoms with Crippen molar-refractivity contribution in [2.75, 3.05) is 5.32 Å². The number of aromatic nitrogens is 5. The van der Waals surface area contributed by atoms with E-state index in [1.807, 2.05) is 17.5 Å². The van der Waals surface area contributed by atoms with Gasteiger partial charge in [-0.25, -0.2) is 4.68 Å². The molecule has 1 N–H and O–H groups in total. The topological polar surface area (TPSA) is 98.7 Å². The highest BCUT2D eigenvalue weighted by molar-refractivity contribution is 8.00. The molecule has 120 valence electrons. The lowest BCUT2D eigenvalue weighted by molar-refractivity contribution is -0.115. The fraction of sp³-hybridized carbons (Fsp3) is 0.308. The highest BCUT2D eigenvalue weighted by Gasteiger charge is 2.20. The Balaban J connectivity index is 1.62. The van der Waals surface area contributed by atoms with E-state index in [4.69, 9.17) is 4.52 Å². The summed E-state index contributed by atoms with van der Waals surface area (Å²) in [5, 5.41) is 20.3. The Hall–Kier alpha value is -2.20. The lowest BCUT2D eigenvalue weighted by Crippen LogP contribution is -2.22. The minimum Gasteiger partial charge on any atom is -0.338 e. The first-order chi connectivity index (χ1) is 11.1. The van der Waals surface area contributed by atoms with Crippen molar-refractivity contribution in [3.8, 4) is 0 Å². The van der Waals surface area contributed by atoms with Crippen molar-refractivity contribution in [3.05, 3.63) is 34.2 Å². The van der Waals surface area contributed by atoms with Crippen LogP contribution in [0.25, 0.3) is 0 Å². The first-order valence-corrected chi connectivity index (χ1v) is 8.57. The Labute approximate surface area is 140 Å². The largest absolute Gasteiger partial charge is 0.338 e. The molecular weight excluding hydrogens is 336 g/mol. The van der Waals surface area contributed by atoms with Crippen molar-refractivity contribution in [2.45, 2.75) is 30.8 Å². The van der Waals surface area contributed by atoms with Gasteiger partial charge in [0, 0.05) is 10.9 Å². The number of carbonyl (C=O) groups is 1. The molecule has 0 saturated carbocycles. The Morgan fingerprint density at radius 2 is 2.43 bits per heavy atom. The summed E-state index contributed by atoms with van der Waals surface area (Å²) in [4.78, 5) is 13.3. The minimum atomic E-state index is -0.381. The second kappa shape index (κ2) is 6.92. The van der Waals surface area contributed by atoms with E-state index >= 15 is 0 Å². The summed E-state index contributed by atoms with van der Waals surface area (Å²) in [5.74, 6) is 0.134. The standard InChI is InChI=1S/C13H14N6O2S2/c1-8-6-11(21-16-8)14-12(20)9(2)23-13-15-17-18-19(13)7-10-4-3-5-22-10/h3-6,9H,7H2,1-2H3,(H,14,20)/t9-/m0/s1. The van der Waals surface area contributed by atoms with Gasteiger partial charge < -0.3 is 4.52 Å². The molecule has 0 saturated heterocycles. The van der Waals surface area contributed by atoms with Gasteiger partial charge in [0.15, 0.2) is 0 Å². The lowest BCUT2D eigenvalue weighted by Gasteiger charge is -2.09. The van der Waals surface area contributed by atoms with Gasteiger partial charge in [0.1, 0.15) is 0 Å². The number of rotatable bonds is 6. The summed E-state index contributed by atoms with van der Waals surface area (Å²) in [6, 6.07) is 5.66. The van der Waals surface area contributed by atoms with E-state index in [0.717, 1.165) is 4.88 Å². The number of tetrazole rings is 1. The lowest BCUT2D eigenvalue weighted by atomic mass is 10.4. The average Bonchev–Trinajstić information content (AvgIpc) is 3.24. The van der Waals surface area contributed by atoms with Gasteiger partial charge >= 0.3 is 0 Å². The SMILES string of the molecule is Cc1cc(NC(=O)[C@H](C)Sc2nnnn2Cc2cccs2)on1. The maximum absolute atomic E-state index is 12.2. The van der Waals surface area contributed by atoms with Crippen LogP contribution in [0.5, 0.6) is 0 Å². The second-order valence-electron chi connectivity index (χ2n) is 4.78. The molecule has 3 aromatic heterocycles. The van der Waals surface area contributed by atoms with Gasteiger partial charge in [0.2, 0.25) is 16.9 Å². The third-order valence-electron chi connectivity index (χ3n) is 2.91. The first kappa shape index (κ1) is 15.7. The van der Waals surface area contributed by atoms with Crippen LogP contribution in [0.2, 0.25) is 0 Å². The van der Waals surface area contributed by atoms with E-state index in [2.05, 4.69) is 26.0 Å². The number of thioether (sulfide) groups is 1. The van der Waals surface area contributed by atoms with E-state index in [0.29, 0.717) is 23.3 Å². The zero-order valence-corrected chi connectivity index (χ0v) is 14.1. The molecule has 0 aromatic carbocycles. The van der Waals surface area contributed by atoms with Gasteiger partial charge in [-0.1, -0.05) is 23.0 Å². The van der Waals surface area contributed by atoms with Gasteiger partial charge in [-0.15, -0.1) is 16.4 Å². The summed E-state index contributed by atoms with van der Waals surface area (Å²) in [6.07, 6.45) is 0. The van der Waals surface area contributed by atoms with Crippen molar-refractivity contribution < 1.29 is 9.32 Å². The minimum absolute atomic E-state index is 0.197. The summed E-state index contributed by atoms with van der Waals surface area (Å²) in [7, 11) is 0. The van der Waals surface area contributed by atoms with Gasteiger partial charge in [-0.05, 0) is 35.7 Å². The maximum atomic E-state index is 12.2. The molecule has 3 rings (SSSR count). The molecule has 3 heterocycles. The van der Waals surface area contributed by atoms with Crippen molar-refractivity contribution >= 4 is 34.9 Å². The monoisotopic (exact) mass is 350 g/mol. The average molecular weight is 350 g/mol. The number of nitrogens with one attached hydrogen (secondary N) is 1. The number of hydrogen-bond acceptors (Lipinski definition) is 8. The van der Waals surface area contributed by atoms with Crippen LogP contribution >= 0.6 is 23.1 Å². The molecule has 0 aliphatic rings. The van der Waals surface area contributed by atoms with E-state index in [-0.39, 0.29) is 11.2 Å². The number of aryl methyl sites for hydroxylation is 1. The van der Waals surface area contributed by atoms with Gasteiger partial charge in [0.05, 0.1) is 17.5 Å². The van der Waals surface area contributed by atoms with E-state index < -0.39 is 0 Å². The molecule has 0 bridgehead atoms. The summed E-state index contributed by atoms with van der Waals surface area (Å²) < 4.78 is 6.66. The van der Waals surface area contributed by atoms with Crippen LogP contribution in [0.4, 0.5) is 5.88 Å². The molecular formula is C13H14N6O2S2. The number of hydrogen-bond donors (Lipinski definition) is 1. The summed E-state index contributed by atoms with van der Waals surface area (Å²) in [5.41, 5.74) is 0.709. The normalized spacial score (nSPS) is 12.3. The molecule has 1 atom stereocenters. The molecule has 23 heavy (non-hydrogen) atoms. The highest BCUT2D eigenvalue weighted by atomic mass is 32.2. The van der Waals surface area contributed by atoms with Crippen molar-refractivity contribution in [1.29, 1.82) is 0 Å². The Kier molecular flexibility index (Phi) is 4.72. The second-order valence-corrected chi connectivity index (χ2v) is 7.12. The van der Waals surface area contributed by atoms with E-state index in [1.54, 1.807) is 35.9 Å². The summed E-state index contributed by atoms with van der Waals surface area (Å²) in [6.45, 7) is 4.16. The Morgan fingerprint density at radius 1 is 1.57 bits per heavy atom. The zero-order chi connectivity index (χ0) is 16.2. The van der Waals surface area contributed by atoms with Crippen molar-refractivity contribution in [3.63, 3.8) is 0 Å². The smallest absolute Gasteiger partial charge is 0.240 e. The maximum Gasteiger partial charge on any atom is 0.240 e. The molecule has 10 heteroatoms. The van der Waals surface area contributed by atoms with Gasteiger partial charge in [-0.2, -0.15) is 0 Å². The van der Waals surface area contributed by atoms with E-state index in [1.165, 1.54) is 11.8 Å². The summed E-state index contributed by atoms with van der Waals surface area (Å²) >= 11 is 2.93. The zero-order valence-electron chi connectivity index (χ0n) is 12.5. The van der Waals surface area contributed by atoms with Crippen LogP contribution in [0.15, 0.2) is 33.3 Å². The quantitative estimate of drug-likeness (QED) is 0.680. The van der Waals surface area contributed by atoms with Crippen molar-refractivity contribution in [1.82, 2.24) is 25.4 Å². The molecule has 0 unspecified atom stereocenters. The Morgan fingerprint density at radius 3 is 3.13 bits per heavy atom. The Bertz CT molecular complexity index is 782. The molecule has 0 aliphatic carbocycles. The number of nitrogens with zero attached hydrogens (tertiary/aromatic N) is 5. The first-order valence-electron chi connectivity index (χ1n) is 6.81.